The lowest BCUT2D eigenvalue weighted by Crippen LogP contribution is -2.31. The first-order valence-corrected chi connectivity index (χ1v) is 5.43. The summed E-state index contributed by atoms with van der Waals surface area (Å²) in [5.41, 5.74) is 0.868. The van der Waals surface area contributed by atoms with Crippen molar-refractivity contribution in [2.24, 2.45) is 0 Å². The molecule has 17 heavy (non-hydrogen) atoms. The van der Waals surface area contributed by atoms with Crippen LogP contribution in [-0.2, 0) is 0 Å². The third-order valence-electron chi connectivity index (χ3n) is 2.00. The Morgan fingerprint density at radius 1 is 1.35 bits per heavy atom. The van der Waals surface area contributed by atoms with E-state index in [0.717, 1.165) is 5.56 Å². The Morgan fingerprint density at radius 2 is 2.06 bits per heavy atom. The van der Waals surface area contributed by atoms with Crippen LogP contribution < -0.4 is 10.1 Å². The molecule has 0 bridgehead atoms. The van der Waals surface area contributed by atoms with Crippen LogP contribution in [0.3, 0.4) is 0 Å². The number of benzene rings is 1. The van der Waals surface area contributed by atoms with E-state index in [9.17, 15) is 13.2 Å². The van der Waals surface area contributed by atoms with Gasteiger partial charge in [0, 0.05) is 11.6 Å². The van der Waals surface area contributed by atoms with Crippen LogP contribution in [0.1, 0.15) is 5.56 Å². The summed E-state index contributed by atoms with van der Waals surface area (Å²) in [6.45, 7) is 1.14. The summed E-state index contributed by atoms with van der Waals surface area (Å²) in [6.07, 6.45) is -4.18. The summed E-state index contributed by atoms with van der Waals surface area (Å²) in [6, 6.07) is 5.11. The second kappa shape index (κ2) is 6.12. The summed E-state index contributed by atoms with van der Waals surface area (Å²) in [7, 11) is 0. The average Bonchev–Trinajstić information content (AvgIpc) is 2.21. The zero-order valence-electron chi connectivity index (χ0n) is 9.27. The van der Waals surface area contributed by atoms with Gasteiger partial charge in [-0.2, -0.15) is 13.2 Å². The molecule has 96 valence electrons. The molecule has 0 heterocycles. The maximum absolute atomic E-state index is 11.8. The Labute approximate surface area is 103 Å². The molecule has 1 rings (SSSR count). The van der Waals surface area contributed by atoms with Crippen LogP contribution >= 0.6 is 11.6 Å². The van der Waals surface area contributed by atoms with Crippen LogP contribution in [0.15, 0.2) is 18.2 Å². The molecule has 0 unspecified atom stereocenters. The summed E-state index contributed by atoms with van der Waals surface area (Å²) in [5.74, 6) is 0.598. The topological polar surface area (TPSA) is 21.3 Å². The molecule has 1 aromatic carbocycles. The standard InChI is InChI=1S/C11H13ClF3NO/c1-8-6-9(2-3-10(8)12)17-5-4-16-7-11(13,14)15/h2-3,6,16H,4-5,7H2,1H3. The molecule has 0 saturated carbocycles. The first-order chi connectivity index (χ1) is 7.88. The van der Waals surface area contributed by atoms with Gasteiger partial charge in [-0.05, 0) is 30.7 Å². The van der Waals surface area contributed by atoms with Gasteiger partial charge in [0.15, 0.2) is 0 Å². The normalized spacial score (nSPS) is 11.6. The predicted octanol–water partition coefficient (Wildman–Crippen LogP) is 3.18. The summed E-state index contributed by atoms with van der Waals surface area (Å²) in [5, 5.41) is 2.88. The van der Waals surface area contributed by atoms with Gasteiger partial charge in [0.2, 0.25) is 0 Å². The van der Waals surface area contributed by atoms with E-state index >= 15 is 0 Å². The first-order valence-electron chi connectivity index (χ1n) is 5.05. The minimum Gasteiger partial charge on any atom is -0.492 e. The first kappa shape index (κ1) is 14.1. The molecule has 0 saturated heterocycles. The van der Waals surface area contributed by atoms with E-state index < -0.39 is 12.7 Å². The Hall–Kier alpha value is -0.940. The van der Waals surface area contributed by atoms with E-state index in [1.165, 1.54) is 0 Å². The molecule has 1 aromatic rings. The number of halogens is 4. The van der Waals surface area contributed by atoms with Crippen molar-refractivity contribution in [3.8, 4) is 5.75 Å². The molecule has 0 fully saturated rings. The molecular formula is C11H13ClF3NO. The van der Waals surface area contributed by atoms with Crippen molar-refractivity contribution in [1.29, 1.82) is 0 Å². The lowest BCUT2D eigenvalue weighted by Gasteiger charge is -2.10. The zero-order chi connectivity index (χ0) is 12.9. The lowest BCUT2D eigenvalue weighted by molar-refractivity contribution is -0.124. The van der Waals surface area contributed by atoms with Gasteiger partial charge >= 0.3 is 6.18 Å². The maximum Gasteiger partial charge on any atom is 0.401 e. The Kier molecular flexibility index (Phi) is 5.08. The lowest BCUT2D eigenvalue weighted by atomic mass is 10.2. The quantitative estimate of drug-likeness (QED) is 0.828. The van der Waals surface area contributed by atoms with E-state index in [1.807, 2.05) is 6.92 Å². The highest BCUT2D eigenvalue weighted by atomic mass is 35.5. The van der Waals surface area contributed by atoms with Gasteiger partial charge in [-0.1, -0.05) is 11.6 Å². The molecule has 1 N–H and O–H groups in total. The van der Waals surface area contributed by atoms with E-state index in [1.54, 1.807) is 18.2 Å². The Bertz CT molecular complexity index is 368. The highest BCUT2D eigenvalue weighted by Gasteiger charge is 2.25. The Balaban J connectivity index is 2.25. The van der Waals surface area contributed by atoms with Crippen LogP contribution in [0.4, 0.5) is 13.2 Å². The second-order valence-electron chi connectivity index (χ2n) is 3.55. The van der Waals surface area contributed by atoms with Crippen molar-refractivity contribution in [2.75, 3.05) is 19.7 Å². The van der Waals surface area contributed by atoms with Gasteiger partial charge in [0.05, 0.1) is 6.54 Å². The SMILES string of the molecule is Cc1cc(OCCNCC(F)(F)F)ccc1Cl. The van der Waals surface area contributed by atoms with Gasteiger partial charge in [-0.15, -0.1) is 0 Å². The van der Waals surface area contributed by atoms with Gasteiger partial charge < -0.3 is 10.1 Å². The fraction of sp³-hybridized carbons (Fsp3) is 0.455. The smallest absolute Gasteiger partial charge is 0.401 e. The highest BCUT2D eigenvalue weighted by molar-refractivity contribution is 6.31. The van der Waals surface area contributed by atoms with Crippen molar-refractivity contribution in [3.05, 3.63) is 28.8 Å². The van der Waals surface area contributed by atoms with Crippen molar-refractivity contribution in [1.82, 2.24) is 5.32 Å². The molecule has 0 aliphatic carbocycles. The minimum absolute atomic E-state index is 0.140. The molecule has 0 spiro atoms. The number of ether oxygens (including phenoxy) is 1. The van der Waals surface area contributed by atoms with Gasteiger partial charge in [0.1, 0.15) is 12.4 Å². The van der Waals surface area contributed by atoms with Crippen LogP contribution in [0.2, 0.25) is 5.02 Å². The highest BCUT2D eigenvalue weighted by Crippen LogP contribution is 2.20. The van der Waals surface area contributed by atoms with E-state index in [2.05, 4.69) is 5.32 Å². The van der Waals surface area contributed by atoms with Crippen LogP contribution in [0.5, 0.6) is 5.75 Å². The third kappa shape index (κ3) is 5.79. The van der Waals surface area contributed by atoms with E-state index in [4.69, 9.17) is 16.3 Å². The number of aryl methyl sites for hydroxylation is 1. The van der Waals surface area contributed by atoms with Crippen molar-refractivity contribution >= 4 is 11.6 Å². The predicted molar refractivity (Wildman–Crippen MR) is 60.6 cm³/mol. The monoisotopic (exact) mass is 267 g/mol. The molecule has 6 heteroatoms. The van der Waals surface area contributed by atoms with Gasteiger partial charge in [-0.25, -0.2) is 0 Å². The van der Waals surface area contributed by atoms with Crippen molar-refractivity contribution in [3.63, 3.8) is 0 Å². The third-order valence-corrected chi connectivity index (χ3v) is 2.43. The zero-order valence-corrected chi connectivity index (χ0v) is 10.0. The fourth-order valence-electron chi connectivity index (χ4n) is 1.18. The molecular weight excluding hydrogens is 255 g/mol. The van der Waals surface area contributed by atoms with Crippen molar-refractivity contribution < 1.29 is 17.9 Å². The number of hydrogen-bond donors (Lipinski definition) is 1. The van der Waals surface area contributed by atoms with Gasteiger partial charge in [0.25, 0.3) is 0 Å². The van der Waals surface area contributed by atoms with Crippen LogP contribution in [-0.4, -0.2) is 25.9 Å². The number of alkyl halides is 3. The summed E-state index contributed by atoms with van der Waals surface area (Å²) < 4.78 is 40.6. The summed E-state index contributed by atoms with van der Waals surface area (Å²) >= 11 is 5.82. The molecule has 2 nitrogen and oxygen atoms in total. The molecule has 0 radical (unpaired) electrons. The molecule has 0 aromatic heterocycles. The largest absolute Gasteiger partial charge is 0.492 e. The molecule has 0 aliphatic heterocycles. The number of nitrogens with one attached hydrogen (secondary N) is 1. The van der Waals surface area contributed by atoms with Crippen LogP contribution in [0, 0.1) is 6.92 Å². The van der Waals surface area contributed by atoms with Crippen molar-refractivity contribution in [2.45, 2.75) is 13.1 Å². The Morgan fingerprint density at radius 3 is 2.65 bits per heavy atom. The van der Waals surface area contributed by atoms with Gasteiger partial charge in [-0.3, -0.25) is 0 Å². The van der Waals surface area contributed by atoms with Crippen LogP contribution in [0.25, 0.3) is 0 Å². The maximum atomic E-state index is 11.8. The number of rotatable bonds is 5. The van der Waals surface area contributed by atoms with E-state index in [-0.39, 0.29) is 13.2 Å². The number of hydrogen-bond acceptors (Lipinski definition) is 2. The minimum atomic E-state index is -4.18. The molecule has 0 amide bonds. The van der Waals surface area contributed by atoms with E-state index in [0.29, 0.717) is 10.8 Å². The molecule has 0 aliphatic rings. The summed E-state index contributed by atoms with van der Waals surface area (Å²) in [4.78, 5) is 0. The second-order valence-corrected chi connectivity index (χ2v) is 3.96. The molecule has 0 atom stereocenters. The fourth-order valence-corrected chi connectivity index (χ4v) is 1.30. The average molecular weight is 268 g/mol.